The normalized spacial score (nSPS) is 22.7. The molecule has 2 unspecified atom stereocenters. The van der Waals surface area contributed by atoms with Gasteiger partial charge in [0, 0.05) is 12.6 Å². The molecule has 2 heterocycles. The lowest BCUT2D eigenvalue weighted by Gasteiger charge is -2.35. The van der Waals surface area contributed by atoms with Gasteiger partial charge in [0.1, 0.15) is 5.75 Å². The van der Waals surface area contributed by atoms with Crippen LogP contribution in [-0.4, -0.2) is 47.4 Å². The first-order valence-corrected chi connectivity index (χ1v) is 7.49. The summed E-state index contributed by atoms with van der Waals surface area (Å²) in [5, 5.41) is 4.08. The largest absolute Gasteiger partial charge is 0.496 e. The first-order valence-electron chi connectivity index (χ1n) is 7.49. The summed E-state index contributed by atoms with van der Waals surface area (Å²) in [6.45, 7) is 6.45. The van der Waals surface area contributed by atoms with E-state index in [4.69, 9.17) is 14.0 Å². The van der Waals surface area contributed by atoms with Crippen LogP contribution in [0.2, 0.25) is 0 Å². The fraction of sp³-hybridized carbons (Fsp3) is 0.500. The van der Waals surface area contributed by atoms with Gasteiger partial charge in [-0.3, -0.25) is 4.90 Å². The lowest BCUT2D eigenvalue weighted by Crippen LogP contribution is -2.46. The third-order valence-electron chi connectivity index (χ3n) is 3.89. The summed E-state index contributed by atoms with van der Waals surface area (Å²) in [5.41, 5.74) is 0.836. The molecule has 1 aromatic carbocycles. The second-order valence-corrected chi connectivity index (χ2v) is 5.63. The van der Waals surface area contributed by atoms with Crippen molar-refractivity contribution in [3.05, 3.63) is 30.2 Å². The highest BCUT2D eigenvalue weighted by atomic mass is 16.5. The summed E-state index contributed by atoms with van der Waals surface area (Å²) in [6, 6.07) is 8.00. The smallest absolute Gasteiger partial charge is 0.241 e. The first-order chi connectivity index (χ1) is 10.7. The van der Waals surface area contributed by atoms with Crippen molar-refractivity contribution in [1.29, 1.82) is 0 Å². The van der Waals surface area contributed by atoms with E-state index in [1.807, 2.05) is 24.3 Å². The molecule has 0 N–H and O–H groups in total. The standard InChI is InChI=1S/C16H21N3O3/c1-11-10-21-12(2)8-19(11)9-15-17-16(18-22-15)13-6-4-5-7-14(13)20-3/h4-7,11-12H,8-10H2,1-3H3. The van der Waals surface area contributed by atoms with E-state index in [0.717, 1.165) is 24.5 Å². The van der Waals surface area contributed by atoms with Gasteiger partial charge in [0.2, 0.25) is 11.7 Å². The second kappa shape index (κ2) is 6.46. The predicted octanol–water partition coefficient (Wildman–Crippen LogP) is 2.35. The van der Waals surface area contributed by atoms with Crippen LogP contribution in [0, 0.1) is 0 Å². The molecule has 2 aromatic rings. The zero-order valence-electron chi connectivity index (χ0n) is 13.2. The van der Waals surface area contributed by atoms with E-state index in [1.165, 1.54) is 0 Å². The number of benzene rings is 1. The molecule has 1 aromatic heterocycles. The summed E-state index contributed by atoms with van der Waals surface area (Å²) in [5.74, 6) is 1.91. The maximum atomic E-state index is 5.64. The molecular formula is C16H21N3O3. The molecule has 0 saturated carbocycles. The lowest BCUT2D eigenvalue weighted by molar-refractivity contribution is -0.0555. The summed E-state index contributed by atoms with van der Waals surface area (Å²) in [6.07, 6.45) is 0.229. The Kier molecular flexibility index (Phi) is 4.40. The summed E-state index contributed by atoms with van der Waals surface area (Å²) in [4.78, 5) is 6.80. The predicted molar refractivity (Wildman–Crippen MR) is 81.6 cm³/mol. The molecule has 2 atom stereocenters. The monoisotopic (exact) mass is 303 g/mol. The minimum absolute atomic E-state index is 0.229. The Balaban J connectivity index is 1.76. The fourth-order valence-electron chi connectivity index (χ4n) is 2.62. The van der Waals surface area contributed by atoms with Crippen LogP contribution >= 0.6 is 0 Å². The van der Waals surface area contributed by atoms with E-state index >= 15 is 0 Å². The highest BCUT2D eigenvalue weighted by molar-refractivity contribution is 5.63. The number of para-hydroxylation sites is 1. The van der Waals surface area contributed by atoms with Crippen LogP contribution in [0.25, 0.3) is 11.4 Å². The zero-order valence-corrected chi connectivity index (χ0v) is 13.2. The second-order valence-electron chi connectivity index (χ2n) is 5.63. The Morgan fingerprint density at radius 3 is 2.95 bits per heavy atom. The Morgan fingerprint density at radius 1 is 1.32 bits per heavy atom. The average molecular weight is 303 g/mol. The highest BCUT2D eigenvalue weighted by Gasteiger charge is 2.25. The minimum Gasteiger partial charge on any atom is -0.496 e. The van der Waals surface area contributed by atoms with Crippen LogP contribution in [0.4, 0.5) is 0 Å². The topological polar surface area (TPSA) is 60.6 Å². The maximum absolute atomic E-state index is 5.64. The van der Waals surface area contributed by atoms with Gasteiger partial charge in [0.05, 0.1) is 31.9 Å². The van der Waals surface area contributed by atoms with Crippen LogP contribution in [0.5, 0.6) is 5.75 Å². The van der Waals surface area contributed by atoms with E-state index in [1.54, 1.807) is 7.11 Å². The lowest BCUT2D eigenvalue weighted by atomic mass is 10.2. The van der Waals surface area contributed by atoms with Gasteiger partial charge in [-0.25, -0.2) is 0 Å². The van der Waals surface area contributed by atoms with E-state index in [-0.39, 0.29) is 6.10 Å². The summed E-state index contributed by atoms with van der Waals surface area (Å²) in [7, 11) is 1.64. The Labute approximate surface area is 130 Å². The molecule has 1 aliphatic heterocycles. The first kappa shape index (κ1) is 15.0. The van der Waals surface area contributed by atoms with Gasteiger partial charge in [0.25, 0.3) is 0 Å². The Morgan fingerprint density at radius 2 is 2.14 bits per heavy atom. The fourth-order valence-corrected chi connectivity index (χ4v) is 2.62. The van der Waals surface area contributed by atoms with Crippen molar-refractivity contribution in [3.63, 3.8) is 0 Å². The van der Waals surface area contributed by atoms with Gasteiger partial charge < -0.3 is 14.0 Å². The van der Waals surface area contributed by atoms with E-state index < -0.39 is 0 Å². The van der Waals surface area contributed by atoms with E-state index in [9.17, 15) is 0 Å². The number of ether oxygens (including phenoxy) is 2. The van der Waals surface area contributed by atoms with Crippen LogP contribution in [0.3, 0.4) is 0 Å². The van der Waals surface area contributed by atoms with Crippen molar-refractivity contribution in [2.75, 3.05) is 20.3 Å². The quantitative estimate of drug-likeness (QED) is 0.864. The zero-order chi connectivity index (χ0) is 15.5. The van der Waals surface area contributed by atoms with Gasteiger partial charge in [0.15, 0.2) is 0 Å². The molecule has 6 nitrogen and oxygen atoms in total. The SMILES string of the molecule is COc1ccccc1-c1noc(CN2CC(C)OCC2C)n1. The number of methoxy groups -OCH3 is 1. The van der Waals surface area contributed by atoms with E-state index in [0.29, 0.717) is 24.3 Å². The molecule has 6 heteroatoms. The Hall–Kier alpha value is -1.92. The molecule has 1 aliphatic rings. The maximum Gasteiger partial charge on any atom is 0.241 e. The number of rotatable bonds is 4. The number of hydrogen-bond acceptors (Lipinski definition) is 6. The van der Waals surface area contributed by atoms with Gasteiger partial charge in [-0.15, -0.1) is 0 Å². The molecule has 0 spiro atoms. The van der Waals surface area contributed by atoms with Crippen LogP contribution in [0.1, 0.15) is 19.7 Å². The van der Waals surface area contributed by atoms with Gasteiger partial charge in [-0.05, 0) is 26.0 Å². The molecule has 118 valence electrons. The number of nitrogens with zero attached hydrogens (tertiary/aromatic N) is 3. The molecule has 0 aliphatic carbocycles. The highest BCUT2D eigenvalue weighted by Crippen LogP contribution is 2.27. The summed E-state index contributed by atoms with van der Waals surface area (Å²) < 4.78 is 16.4. The molecular weight excluding hydrogens is 282 g/mol. The van der Waals surface area contributed by atoms with Crippen molar-refractivity contribution >= 4 is 0 Å². The molecule has 0 radical (unpaired) electrons. The number of hydrogen-bond donors (Lipinski definition) is 0. The molecule has 1 fully saturated rings. The van der Waals surface area contributed by atoms with Crippen LogP contribution in [-0.2, 0) is 11.3 Å². The van der Waals surface area contributed by atoms with Gasteiger partial charge >= 0.3 is 0 Å². The third kappa shape index (κ3) is 3.13. The van der Waals surface area contributed by atoms with Gasteiger partial charge in [-0.1, -0.05) is 17.3 Å². The van der Waals surface area contributed by atoms with Crippen molar-refractivity contribution in [2.24, 2.45) is 0 Å². The van der Waals surface area contributed by atoms with E-state index in [2.05, 4.69) is 28.9 Å². The van der Waals surface area contributed by atoms with Crippen molar-refractivity contribution < 1.29 is 14.0 Å². The molecule has 0 bridgehead atoms. The van der Waals surface area contributed by atoms with Gasteiger partial charge in [-0.2, -0.15) is 4.98 Å². The van der Waals surface area contributed by atoms with Crippen molar-refractivity contribution in [2.45, 2.75) is 32.5 Å². The van der Waals surface area contributed by atoms with Crippen LogP contribution < -0.4 is 4.74 Å². The minimum atomic E-state index is 0.229. The molecule has 3 rings (SSSR count). The molecule has 1 saturated heterocycles. The molecule has 22 heavy (non-hydrogen) atoms. The third-order valence-corrected chi connectivity index (χ3v) is 3.89. The average Bonchev–Trinajstić information content (AvgIpc) is 2.99. The number of aromatic nitrogens is 2. The Bertz CT molecular complexity index is 629. The molecule has 0 amide bonds. The summed E-state index contributed by atoms with van der Waals surface area (Å²) >= 11 is 0. The van der Waals surface area contributed by atoms with Crippen LogP contribution in [0.15, 0.2) is 28.8 Å². The van der Waals surface area contributed by atoms with Crippen molar-refractivity contribution in [1.82, 2.24) is 15.0 Å². The number of morpholine rings is 1. The van der Waals surface area contributed by atoms with Crippen molar-refractivity contribution in [3.8, 4) is 17.1 Å².